The molecule has 0 aliphatic rings. The van der Waals surface area contributed by atoms with E-state index in [1.165, 1.54) is 0 Å². The van der Waals surface area contributed by atoms with Crippen LogP contribution in [-0.2, 0) is 0 Å². The summed E-state index contributed by atoms with van der Waals surface area (Å²) in [5.74, 6) is 1.42. The van der Waals surface area contributed by atoms with E-state index in [-0.39, 0.29) is 5.78 Å². The van der Waals surface area contributed by atoms with Crippen molar-refractivity contribution in [1.29, 1.82) is 0 Å². The molecule has 0 bridgehead atoms. The molecule has 0 fully saturated rings. The molecule has 0 heterocycles. The Balaban J connectivity index is 2.62. The second kappa shape index (κ2) is 11.5. The fraction of sp³-hybridized carbons (Fsp3) is 0.450. The molecule has 0 saturated heterocycles. The van der Waals surface area contributed by atoms with Crippen molar-refractivity contribution in [2.24, 2.45) is 0 Å². The van der Waals surface area contributed by atoms with Gasteiger partial charge in [-0.15, -0.1) is 0 Å². The van der Waals surface area contributed by atoms with Crippen molar-refractivity contribution in [1.82, 2.24) is 0 Å². The number of ketones is 1. The minimum absolute atomic E-state index is 0.126. The summed E-state index contributed by atoms with van der Waals surface area (Å²) in [6.45, 7) is 4.79. The Morgan fingerprint density at radius 2 is 1.70 bits per heavy atom. The maximum Gasteiger partial charge on any atom is 0.163 e. The van der Waals surface area contributed by atoms with Crippen LogP contribution in [0.15, 0.2) is 42.5 Å². The van der Waals surface area contributed by atoms with Crippen LogP contribution in [-0.4, -0.2) is 19.5 Å². The van der Waals surface area contributed by atoms with E-state index in [0.29, 0.717) is 30.1 Å². The van der Waals surface area contributed by atoms with Crippen LogP contribution >= 0.6 is 0 Å². The molecule has 0 spiro atoms. The average molecular weight is 316 g/mol. The van der Waals surface area contributed by atoms with E-state index in [2.05, 4.69) is 38.2 Å². The van der Waals surface area contributed by atoms with Gasteiger partial charge >= 0.3 is 0 Å². The summed E-state index contributed by atoms with van der Waals surface area (Å²) < 4.78 is 11.1. The monoisotopic (exact) mass is 316 g/mol. The Morgan fingerprint density at radius 3 is 2.35 bits per heavy atom. The van der Waals surface area contributed by atoms with Crippen molar-refractivity contribution >= 4 is 5.78 Å². The summed E-state index contributed by atoms with van der Waals surface area (Å²) in [7, 11) is 1.59. The van der Waals surface area contributed by atoms with Crippen LogP contribution in [0, 0.1) is 0 Å². The van der Waals surface area contributed by atoms with Crippen molar-refractivity contribution < 1.29 is 14.3 Å². The summed E-state index contributed by atoms with van der Waals surface area (Å²) in [6, 6.07) is 5.40. The predicted molar refractivity (Wildman–Crippen MR) is 95.5 cm³/mol. The lowest BCUT2D eigenvalue weighted by Gasteiger charge is -2.11. The molecule has 126 valence electrons. The highest BCUT2D eigenvalue weighted by molar-refractivity contribution is 5.96. The van der Waals surface area contributed by atoms with Crippen LogP contribution in [0.5, 0.6) is 11.5 Å². The third-order valence-electron chi connectivity index (χ3n) is 3.37. The van der Waals surface area contributed by atoms with E-state index in [1.54, 1.807) is 13.2 Å². The number of hydrogen-bond donors (Lipinski definition) is 0. The molecule has 0 aliphatic carbocycles. The molecule has 1 aromatic rings. The normalized spacial score (nSPS) is 11.3. The van der Waals surface area contributed by atoms with Crippen LogP contribution in [0.1, 0.15) is 56.3 Å². The van der Waals surface area contributed by atoms with Crippen LogP contribution in [0.3, 0.4) is 0 Å². The largest absolute Gasteiger partial charge is 0.493 e. The SMILES string of the molecule is CC/C=C\CCOc1ccc(C(=O)CC/C=C\CC)cc1OC. The zero-order valence-electron chi connectivity index (χ0n) is 14.5. The average Bonchev–Trinajstić information content (AvgIpc) is 2.58. The molecule has 0 amide bonds. The second-order valence-electron chi connectivity index (χ2n) is 5.22. The number of Topliss-reactive ketones (excluding diaryl/α,β-unsaturated/α-hetero) is 1. The number of methoxy groups -OCH3 is 1. The van der Waals surface area contributed by atoms with Crippen molar-refractivity contribution in [3.63, 3.8) is 0 Å². The topological polar surface area (TPSA) is 35.5 Å². The fourth-order valence-corrected chi connectivity index (χ4v) is 2.13. The van der Waals surface area contributed by atoms with Gasteiger partial charge in [0.2, 0.25) is 0 Å². The first-order valence-corrected chi connectivity index (χ1v) is 8.36. The lowest BCUT2D eigenvalue weighted by atomic mass is 10.1. The number of rotatable bonds is 11. The van der Waals surface area contributed by atoms with Crippen molar-refractivity contribution in [2.75, 3.05) is 13.7 Å². The van der Waals surface area contributed by atoms with Gasteiger partial charge in [-0.1, -0.05) is 38.2 Å². The van der Waals surface area contributed by atoms with Crippen LogP contribution < -0.4 is 9.47 Å². The van der Waals surface area contributed by atoms with Gasteiger partial charge in [0.15, 0.2) is 17.3 Å². The van der Waals surface area contributed by atoms with Gasteiger partial charge in [-0.3, -0.25) is 4.79 Å². The fourth-order valence-electron chi connectivity index (χ4n) is 2.13. The first kappa shape index (κ1) is 19.0. The Kier molecular flexibility index (Phi) is 9.53. The third kappa shape index (κ3) is 7.18. The molecule has 0 radical (unpaired) electrons. The molecule has 3 heteroatoms. The van der Waals surface area contributed by atoms with Gasteiger partial charge in [0, 0.05) is 12.0 Å². The van der Waals surface area contributed by atoms with Gasteiger partial charge in [0.1, 0.15) is 0 Å². The molecule has 0 unspecified atom stereocenters. The van der Waals surface area contributed by atoms with Gasteiger partial charge in [0.25, 0.3) is 0 Å². The minimum atomic E-state index is 0.126. The highest BCUT2D eigenvalue weighted by Crippen LogP contribution is 2.28. The van der Waals surface area contributed by atoms with E-state index < -0.39 is 0 Å². The number of carbonyl (C=O) groups excluding carboxylic acids is 1. The molecule has 0 N–H and O–H groups in total. The third-order valence-corrected chi connectivity index (χ3v) is 3.37. The summed E-state index contributed by atoms with van der Waals surface area (Å²) >= 11 is 0. The number of carbonyl (C=O) groups is 1. The maximum atomic E-state index is 12.2. The highest BCUT2D eigenvalue weighted by atomic mass is 16.5. The first-order valence-electron chi connectivity index (χ1n) is 8.36. The number of allylic oxidation sites excluding steroid dienone is 3. The molecule has 0 saturated carbocycles. The lowest BCUT2D eigenvalue weighted by molar-refractivity contribution is 0.0983. The van der Waals surface area contributed by atoms with Crippen molar-refractivity contribution in [3.8, 4) is 11.5 Å². The minimum Gasteiger partial charge on any atom is -0.493 e. The highest BCUT2D eigenvalue weighted by Gasteiger charge is 2.10. The molecule has 0 aromatic heterocycles. The maximum absolute atomic E-state index is 12.2. The van der Waals surface area contributed by atoms with Crippen LogP contribution in [0.2, 0.25) is 0 Å². The Labute approximate surface area is 140 Å². The number of ether oxygens (including phenoxy) is 2. The van der Waals surface area contributed by atoms with Gasteiger partial charge < -0.3 is 9.47 Å². The van der Waals surface area contributed by atoms with E-state index in [9.17, 15) is 4.79 Å². The molecule has 1 rings (SSSR count). The van der Waals surface area contributed by atoms with Gasteiger partial charge in [-0.2, -0.15) is 0 Å². The Bertz CT molecular complexity index is 530. The van der Waals surface area contributed by atoms with Crippen LogP contribution in [0.4, 0.5) is 0 Å². The lowest BCUT2D eigenvalue weighted by Crippen LogP contribution is -2.02. The van der Waals surface area contributed by atoms with E-state index in [4.69, 9.17) is 9.47 Å². The molecule has 0 atom stereocenters. The quantitative estimate of drug-likeness (QED) is 0.313. The van der Waals surface area contributed by atoms with E-state index in [0.717, 1.165) is 25.7 Å². The zero-order valence-corrected chi connectivity index (χ0v) is 14.5. The van der Waals surface area contributed by atoms with E-state index in [1.807, 2.05) is 12.1 Å². The molecular formula is C20H28O3. The molecule has 3 nitrogen and oxygen atoms in total. The molecule has 1 aromatic carbocycles. The standard InChI is InChI=1S/C20H28O3/c1-4-6-8-10-12-18(21)17-13-14-19(20(16-17)22-3)23-15-11-9-7-5-2/h6-9,13-14,16H,4-5,10-12,15H2,1-3H3/b8-6-,9-7-. The summed E-state index contributed by atoms with van der Waals surface area (Å²) in [5, 5.41) is 0. The zero-order chi connectivity index (χ0) is 16.9. The molecule has 0 aliphatic heterocycles. The number of benzene rings is 1. The summed E-state index contributed by atoms with van der Waals surface area (Å²) in [5.41, 5.74) is 0.671. The Hall–Kier alpha value is -2.03. The number of hydrogen-bond acceptors (Lipinski definition) is 3. The van der Waals surface area contributed by atoms with Gasteiger partial charge in [0.05, 0.1) is 13.7 Å². The van der Waals surface area contributed by atoms with Gasteiger partial charge in [-0.25, -0.2) is 0 Å². The summed E-state index contributed by atoms with van der Waals surface area (Å²) in [6.07, 6.45) is 12.5. The van der Waals surface area contributed by atoms with Crippen LogP contribution in [0.25, 0.3) is 0 Å². The molecular weight excluding hydrogens is 288 g/mol. The second-order valence-corrected chi connectivity index (χ2v) is 5.22. The van der Waals surface area contributed by atoms with E-state index >= 15 is 0 Å². The smallest absolute Gasteiger partial charge is 0.163 e. The van der Waals surface area contributed by atoms with Gasteiger partial charge in [-0.05, 0) is 43.9 Å². The summed E-state index contributed by atoms with van der Waals surface area (Å²) in [4.78, 5) is 12.2. The predicted octanol–water partition coefficient (Wildman–Crippen LogP) is 5.36. The molecule has 23 heavy (non-hydrogen) atoms. The Morgan fingerprint density at radius 1 is 1.00 bits per heavy atom. The van der Waals surface area contributed by atoms with Crippen molar-refractivity contribution in [3.05, 3.63) is 48.1 Å². The first-order chi connectivity index (χ1) is 11.2. The van der Waals surface area contributed by atoms with Crippen molar-refractivity contribution in [2.45, 2.75) is 46.0 Å².